The van der Waals surface area contributed by atoms with Crippen molar-refractivity contribution >= 4 is 11.4 Å². The fraction of sp³-hybridized carbons (Fsp3) is 0.545. The molecule has 0 aromatic carbocycles. The fourth-order valence-electron chi connectivity index (χ4n) is 1.11. The minimum atomic E-state index is 0.702. The molecular weight excluding hydrogens is 174 g/mol. The van der Waals surface area contributed by atoms with Gasteiger partial charge in [-0.2, -0.15) is 0 Å². The van der Waals surface area contributed by atoms with E-state index >= 15 is 0 Å². The van der Waals surface area contributed by atoms with Crippen LogP contribution in [0.5, 0.6) is 0 Å². The summed E-state index contributed by atoms with van der Waals surface area (Å²) < 4.78 is 0. The van der Waals surface area contributed by atoms with Crippen molar-refractivity contribution in [3.8, 4) is 0 Å². The normalized spacial score (nSPS) is 12.2. The van der Waals surface area contributed by atoms with Crippen LogP contribution in [-0.2, 0) is 0 Å². The van der Waals surface area contributed by atoms with E-state index < -0.39 is 0 Å². The average Bonchev–Trinajstić information content (AvgIpc) is 2.26. The Kier molecular flexibility index (Phi) is 4.23. The van der Waals surface area contributed by atoms with Crippen LogP contribution in [0.2, 0.25) is 0 Å². The lowest BCUT2D eigenvalue weighted by molar-refractivity contribution is 0.593. The summed E-state index contributed by atoms with van der Waals surface area (Å²) in [6.45, 7) is 5.45. The zero-order chi connectivity index (χ0) is 10.4. The van der Waals surface area contributed by atoms with Gasteiger partial charge in [0.2, 0.25) is 0 Å². The Labute approximate surface area is 85.9 Å². The average molecular weight is 193 g/mol. The van der Waals surface area contributed by atoms with Gasteiger partial charge in [-0.3, -0.25) is 4.98 Å². The van der Waals surface area contributed by atoms with E-state index in [9.17, 15) is 0 Å². The lowest BCUT2D eigenvalue weighted by Gasteiger charge is -2.11. The van der Waals surface area contributed by atoms with E-state index in [1.807, 2.05) is 19.4 Å². The first kappa shape index (κ1) is 10.8. The third kappa shape index (κ3) is 3.24. The highest BCUT2D eigenvalue weighted by Crippen LogP contribution is 2.13. The second kappa shape index (κ2) is 5.47. The zero-order valence-corrected chi connectivity index (χ0v) is 9.17. The molecule has 0 aliphatic heterocycles. The summed E-state index contributed by atoms with van der Waals surface area (Å²) in [5.74, 6) is 0.702. The molecule has 3 heteroatoms. The Morgan fingerprint density at radius 3 is 2.71 bits per heavy atom. The van der Waals surface area contributed by atoms with Crippen molar-refractivity contribution < 1.29 is 0 Å². The van der Waals surface area contributed by atoms with Gasteiger partial charge in [0, 0.05) is 13.6 Å². The molecule has 78 valence electrons. The van der Waals surface area contributed by atoms with Crippen molar-refractivity contribution in [2.24, 2.45) is 5.92 Å². The fourth-order valence-corrected chi connectivity index (χ4v) is 1.11. The second-order valence-corrected chi connectivity index (χ2v) is 3.61. The van der Waals surface area contributed by atoms with E-state index in [2.05, 4.69) is 35.5 Å². The highest BCUT2D eigenvalue weighted by atomic mass is 14.9. The van der Waals surface area contributed by atoms with E-state index in [4.69, 9.17) is 0 Å². The van der Waals surface area contributed by atoms with Crippen molar-refractivity contribution in [2.75, 3.05) is 24.2 Å². The molecular formula is C11H19N3. The molecule has 2 N–H and O–H groups in total. The highest BCUT2D eigenvalue weighted by Gasteiger charge is 1.99. The predicted molar refractivity (Wildman–Crippen MR) is 61.7 cm³/mol. The van der Waals surface area contributed by atoms with Crippen molar-refractivity contribution in [1.82, 2.24) is 4.98 Å². The minimum absolute atomic E-state index is 0.702. The SMILES string of the molecule is CCC(C)CNc1cncc(NC)c1. The molecule has 0 radical (unpaired) electrons. The van der Waals surface area contributed by atoms with E-state index in [1.54, 1.807) is 0 Å². The lowest BCUT2D eigenvalue weighted by Crippen LogP contribution is -2.10. The zero-order valence-electron chi connectivity index (χ0n) is 9.17. The van der Waals surface area contributed by atoms with Crippen molar-refractivity contribution in [2.45, 2.75) is 20.3 Å². The van der Waals surface area contributed by atoms with Gasteiger partial charge in [0.25, 0.3) is 0 Å². The number of hydrogen-bond acceptors (Lipinski definition) is 3. The Bertz CT molecular complexity index is 273. The molecule has 3 nitrogen and oxygen atoms in total. The Hall–Kier alpha value is -1.25. The molecule has 14 heavy (non-hydrogen) atoms. The van der Waals surface area contributed by atoms with Crippen LogP contribution < -0.4 is 10.6 Å². The summed E-state index contributed by atoms with van der Waals surface area (Å²) in [5, 5.41) is 6.43. The molecule has 1 heterocycles. The number of rotatable bonds is 5. The molecule has 0 amide bonds. The largest absolute Gasteiger partial charge is 0.387 e. The number of aromatic nitrogens is 1. The third-order valence-electron chi connectivity index (χ3n) is 2.38. The quantitative estimate of drug-likeness (QED) is 0.754. The van der Waals surface area contributed by atoms with Gasteiger partial charge < -0.3 is 10.6 Å². The topological polar surface area (TPSA) is 37.0 Å². The Morgan fingerprint density at radius 2 is 2.07 bits per heavy atom. The number of nitrogens with one attached hydrogen (secondary N) is 2. The molecule has 0 bridgehead atoms. The standard InChI is InChI=1S/C11H19N3/c1-4-9(2)6-14-11-5-10(12-3)7-13-8-11/h5,7-9,12,14H,4,6H2,1-3H3. The molecule has 1 rings (SSSR count). The molecule has 1 aromatic rings. The maximum absolute atomic E-state index is 4.13. The lowest BCUT2D eigenvalue weighted by atomic mass is 10.1. The van der Waals surface area contributed by atoms with Gasteiger partial charge in [-0.15, -0.1) is 0 Å². The van der Waals surface area contributed by atoms with Crippen molar-refractivity contribution in [3.63, 3.8) is 0 Å². The molecule has 0 fully saturated rings. The Morgan fingerprint density at radius 1 is 1.36 bits per heavy atom. The van der Waals surface area contributed by atoms with Gasteiger partial charge in [-0.05, 0) is 12.0 Å². The number of pyridine rings is 1. The molecule has 0 aliphatic rings. The van der Waals surface area contributed by atoms with E-state index in [0.29, 0.717) is 5.92 Å². The first-order chi connectivity index (χ1) is 6.76. The Balaban J connectivity index is 2.50. The maximum atomic E-state index is 4.13. The van der Waals surface area contributed by atoms with Gasteiger partial charge in [0.1, 0.15) is 0 Å². The minimum Gasteiger partial charge on any atom is -0.387 e. The summed E-state index contributed by atoms with van der Waals surface area (Å²) >= 11 is 0. The summed E-state index contributed by atoms with van der Waals surface area (Å²) in [7, 11) is 1.90. The van der Waals surface area contributed by atoms with Gasteiger partial charge in [-0.1, -0.05) is 20.3 Å². The predicted octanol–water partition coefficient (Wildman–Crippen LogP) is 2.58. The van der Waals surface area contributed by atoms with Gasteiger partial charge in [0.05, 0.1) is 23.8 Å². The summed E-state index contributed by atoms with van der Waals surface area (Å²) in [6, 6.07) is 2.06. The number of hydrogen-bond donors (Lipinski definition) is 2. The second-order valence-electron chi connectivity index (χ2n) is 3.61. The van der Waals surface area contributed by atoms with Crippen LogP contribution in [0, 0.1) is 5.92 Å². The first-order valence-corrected chi connectivity index (χ1v) is 5.13. The highest BCUT2D eigenvalue weighted by molar-refractivity contribution is 5.53. The molecule has 0 aliphatic carbocycles. The van der Waals surface area contributed by atoms with Crippen LogP contribution >= 0.6 is 0 Å². The van der Waals surface area contributed by atoms with Crippen LogP contribution in [0.3, 0.4) is 0 Å². The molecule has 1 atom stereocenters. The number of nitrogens with zero attached hydrogens (tertiary/aromatic N) is 1. The van der Waals surface area contributed by atoms with E-state index in [-0.39, 0.29) is 0 Å². The number of anilines is 2. The van der Waals surface area contributed by atoms with Gasteiger partial charge >= 0.3 is 0 Å². The summed E-state index contributed by atoms with van der Waals surface area (Å²) in [5.41, 5.74) is 2.12. The van der Waals surface area contributed by atoms with Crippen LogP contribution in [0.4, 0.5) is 11.4 Å². The maximum Gasteiger partial charge on any atom is 0.0547 e. The van der Waals surface area contributed by atoms with Crippen LogP contribution in [0.15, 0.2) is 18.5 Å². The van der Waals surface area contributed by atoms with Crippen LogP contribution in [-0.4, -0.2) is 18.6 Å². The molecule has 1 unspecified atom stereocenters. The van der Waals surface area contributed by atoms with E-state index in [0.717, 1.165) is 17.9 Å². The monoisotopic (exact) mass is 193 g/mol. The van der Waals surface area contributed by atoms with Gasteiger partial charge in [0.15, 0.2) is 0 Å². The van der Waals surface area contributed by atoms with E-state index in [1.165, 1.54) is 6.42 Å². The van der Waals surface area contributed by atoms with Gasteiger partial charge in [-0.25, -0.2) is 0 Å². The first-order valence-electron chi connectivity index (χ1n) is 5.13. The van der Waals surface area contributed by atoms with Crippen LogP contribution in [0.25, 0.3) is 0 Å². The summed E-state index contributed by atoms with van der Waals surface area (Å²) in [6.07, 6.45) is 4.86. The molecule has 1 aromatic heterocycles. The smallest absolute Gasteiger partial charge is 0.0547 e. The summed E-state index contributed by atoms with van der Waals surface area (Å²) in [4.78, 5) is 4.13. The molecule has 0 saturated heterocycles. The molecule has 0 spiro atoms. The van der Waals surface area contributed by atoms with Crippen LogP contribution in [0.1, 0.15) is 20.3 Å². The van der Waals surface area contributed by atoms with Crippen molar-refractivity contribution in [3.05, 3.63) is 18.5 Å². The van der Waals surface area contributed by atoms with Crippen molar-refractivity contribution in [1.29, 1.82) is 0 Å². The molecule has 0 saturated carbocycles. The third-order valence-corrected chi connectivity index (χ3v) is 2.38.